The van der Waals surface area contributed by atoms with Gasteiger partial charge in [0.2, 0.25) is 0 Å². The Balaban J connectivity index is 2.29. The lowest BCUT2D eigenvalue weighted by Crippen LogP contribution is -2.14. The van der Waals surface area contributed by atoms with Crippen LogP contribution in [0.1, 0.15) is 33.3 Å². The van der Waals surface area contributed by atoms with Crippen molar-refractivity contribution in [2.45, 2.75) is 27.2 Å². The van der Waals surface area contributed by atoms with Gasteiger partial charge in [-0.05, 0) is 60.5 Å². The van der Waals surface area contributed by atoms with Gasteiger partial charge in [-0.1, -0.05) is 6.92 Å². The first-order valence-corrected chi connectivity index (χ1v) is 7.15. The number of hydrogen-bond acceptors (Lipinski definition) is 3. The Morgan fingerprint density at radius 3 is 2.53 bits per heavy atom. The predicted octanol–water partition coefficient (Wildman–Crippen LogP) is 3.76. The molecular weight excluding hydrogens is 256 g/mol. The van der Waals surface area contributed by atoms with Crippen LogP contribution in [0.15, 0.2) is 23.6 Å². The van der Waals surface area contributed by atoms with Crippen LogP contribution in [-0.4, -0.2) is 5.91 Å². The Labute approximate surface area is 117 Å². The maximum Gasteiger partial charge on any atom is 0.266 e. The minimum absolute atomic E-state index is 0.0391. The SMILES string of the molecule is CCc1ccsc1C(=O)Nc1c(C)cc(N)cc1C. The van der Waals surface area contributed by atoms with Crippen LogP contribution in [0.25, 0.3) is 0 Å². The minimum Gasteiger partial charge on any atom is -0.399 e. The van der Waals surface area contributed by atoms with Crippen molar-refractivity contribution in [3.8, 4) is 0 Å². The first kappa shape index (κ1) is 13.6. The molecule has 0 fully saturated rings. The Bertz CT molecular complexity index is 593. The normalized spacial score (nSPS) is 10.5. The van der Waals surface area contributed by atoms with Crippen LogP contribution in [0.2, 0.25) is 0 Å². The van der Waals surface area contributed by atoms with E-state index in [0.29, 0.717) is 0 Å². The van der Waals surface area contributed by atoms with Gasteiger partial charge in [0.05, 0.1) is 4.88 Å². The van der Waals surface area contributed by atoms with Crippen molar-refractivity contribution in [3.63, 3.8) is 0 Å². The summed E-state index contributed by atoms with van der Waals surface area (Å²) in [4.78, 5) is 13.1. The van der Waals surface area contributed by atoms with E-state index in [1.807, 2.05) is 37.4 Å². The van der Waals surface area contributed by atoms with Gasteiger partial charge in [0.25, 0.3) is 5.91 Å². The van der Waals surface area contributed by atoms with Gasteiger partial charge >= 0.3 is 0 Å². The third kappa shape index (κ3) is 2.79. The number of nitrogen functional groups attached to an aromatic ring is 1. The summed E-state index contributed by atoms with van der Waals surface area (Å²) in [6.07, 6.45) is 0.867. The second-order valence-electron chi connectivity index (χ2n) is 4.61. The fourth-order valence-corrected chi connectivity index (χ4v) is 3.07. The molecule has 0 bridgehead atoms. The summed E-state index contributed by atoms with van der Waals surface area (Å²) >= 11 is 1.48. The van der Waals surface area contributed by atoms with E-state index in [0.717, 1.165) is 39.4 Å². The molecule has 0 aliphatic heterocycles. The van der Waals surface area contributed by atoms with Gasteiger partial charge in [0.15, 0.2) is 0 Å². The molecule has 0 aliphatic rings. The molecular formula is C15H18N2OS. The molecule has 0 atom stereocenters. The van der Waals surface area contributed by atoms with Crippen molar-refractivity contribution in [1.29, 1.82) is 0 Å². The van der Waals surface area contributed by atoms with Crippen LogP contribution in [0, 0.1) is 13.8 Å². The second-order valence-corrected chi connectivity index (χ2v) is 5.53. The maximum absolute atomic E-state index is 12.3. The highest BCUT2D eigenvalue weighted by atomic mass is 32.1. The highest BCUT2D eigenvalue weighted by molar-refractivity contribution is 7.12. The molecule has 0 saturated heterocycles. The number of carbonyl (C=O) groups excluding carboxylic acids is 1. The highest BCUT2D eigenvalue weighted by Crippen LogP contribution is 2.25. The van der Waals surface area contributed by atoms with Crippen molar-refractivity contribution in [1.82, 2.24) is 0 Å². The van der Waals surface area contributed by atoms with Crippen LogP contribution in [-0.2, 0) is 6.42 Å². The van der Waals surface area contributed by atoms with Crippen molar-refractivity contribution in [3.05, 3.63) is 45.1 Å². The summed E-state index contributed by atoms with van der Waals surface area (Å²) in [5.41, 5.74) is 10.4. The number of thiophene rings is 1. The maximum atomic E-state index is 12.3. The summed E-state index contributed by atoms with van der Waals surface area (Å²) in [5.74, 6) is -0.0391. The highest BCUT2D eigenvalue weighted by Gasteiger charge is 2.14. The Morgan fingerprint density at radius 1 is 1.32 bits per heavy atom. The summed E-state index contributed by atoms with van der Waals surface area (Å²) in [6, 6.07) is 5.75. The lowest BCUT2D eigenvalue weighted by molar-refractivity contribution is 0.102. The summed E-state index contributed by atoms with van der Waals surface area (Å²) in [6.45, 7) is 5.96. The van der Waals surface area contributed by atoms with Crippen molar-refractivity contribution in [2.75, 3.05) is 11.1 Å². The summed E-state index contributed by atoms with van der Waals surface area (Å²) in [5, 5.41) is 4.95. The molecule has 19 heavy (non-hydrogen) atoms. The van der Waals surface area contributed by atoms with E-state index in [2.05, 4.69) is 12.2 Å². The van der Waals surface area contributed by atoms with E-state index >= 15 is 0 Å². The molecule has 100 valence electrons. The number of amides is 1. The third-order valence-corrected chi connectivity index (χ3v) is 4.08. The van der Waals surface area contributed by atoms with E-state index in [9.17, 15) is 4.79 Å². The quantitative estimate of drug-likeness (QED) is 0.837. The van der Waals surface area contributed by atoms with Crippen molar-refractivity contribution < 1.29 is 4.79 Å². The fourth-order valence-electron chi connectivity index (χ4n) is 2.18. The lowest BCUT2D eigenvalue weighted by Gasteiger charge is -2.12. The Morgan fingerprint density at radius 2 is 1.95 bits per heavy atom. The van der Waals surface area contributed by atoms with E-state index in [4.69, 9.17) is 5.73 Å². The minimum atomic E-state index is -0.0391. The molecule has 2 rings (SSSR count). The largest absolute Gasteiger partial charge is 0.399 e. The number of anilines is 2. The van der Waals surface area contributed by atoms with Crippen LogP contribution >= 0.6 is 11.3 Å². The topological polar surface area (TPSA) is 55.1 Å². The molecule has 2 aromatic rings. The molecule has 1 aromatic carbocycles. The first-order chi connectivity index (χ1) is 9.02. The molecule has 1 amide bonds. The van der Waals surface area contributed by atoms with Gasteiger partial charge in [-0.25, -0.2) is 0 Å². The number of carbonyl (C=O) groups is 1. The predicted molar refractivity (Wildman–Crippen MR) is 82.0 cm³/mol. The van der Waals surface area contributed by atoms with Gasteiger partial charge in [0.1, 0.15) is 0 Å². The van der Waals surface area contributed by atoms with Crippen LogP contribution in [0.3, 0.4) is 0 Å². The van der Waals surface area contributed by atoms with Gasteiger partial charge in [-0.3, -0.25) is 4.79 Å². The van der Waals surface area contributed by atoms with E-state index in [1.165, 1.54) is 11.3 Å². The zero-order chi connectivity index (χ0) is 14.0. The number of aryl methyl sites for hydroxylation is 3. The molecule has 0 aliphatic carbocycles. The molecule has 0 spiro atoms. The molecule has 0 saturated carbocycles. The molecule has 4 heteroatoms. The Hall–Kier alpha value is -1.81. The van der Waals surface area contributed by atoms with Crippen molar-refractivity contribution in [2.24, 2.45) is 0 Å². The summed E-state index contributed by atoms with van der Waals surface area (Å²) < 4.78 is 0. The third-order valence-electron chi connectivity index (χ3n) is 3.13. The van der Waals surface area contributed by atoms with Gasteiger partial charge in [0, 0.05) is 11.4 Å². The first-order valence-electron chi connectivity index (χ1n) is 6.27. The molecule has 3 nitrogen and oxygen atoms in total. The standard InChI is InChI=1S/C15H18N2OS/c1-4-11-5-6-19-14(11)15(18)17-13-9(2)7-12(16)8-10(13)3/h5-8H,4,16H2,1-3H3,(H,17,18). The van der Waals surface area contributed by atoms with E-state index < -0.39 is 0 Å². The van der Waals surface area contributed by atoms with Gasteiger partial charge < -0.3 is 11.1 Å². The van der Waals surface area contributed by atoms with Crippen molar-refractivity contribution >= 4 is 28.6 Å². The zero-order valence-electron chi connectivity index (χ0n) is 11.4. The van der Waals surface area contributed by atoms with Gasteiger partial charge in [-0.15, -0.1) is 11.3 Å². The molecule has 1 heterocycles. The molecule has 0 unspecified atom stereocenters. The number of nitrogens with two attached hydrogens (primary N) is 1. The fraction of sp³-hybridized carbons (Fsp3) is 0.267. The molecule has 1 aromatic heterocycles. The van der Waals surface area contributed by atoms with Crippen LogP contribution < -0.4 is 11.1 Å². The van der Waals surface area contributed by atoms with E-state index in [1.54, 1.807) is 0 Å². The average molecular weight is 274 g/mol. The smallest absolute Gasteiger partial charge is 0.266 e. The average Bonchev–Trinajstić information content (AvgIpc) is 2.81. The van der Waals surface area contributed by atoms with Gasteiger partial charge in [-0.2, -0.15) is 0 Å². The van der Waals surface area contributed by atoms with E-state index in [-0.39, 0.29) is 5.91 Å². The molecule has 0 radical (unpaired) electrons. The molecule has 3 N–H and O–H groups in total. The number of rotatable bonds is 3. The number of nitrogens with one attached hydrogen (secondary N) is 1. The van der Waals surface area contributed by atoms with Crippen LogP contribution in [0.5, 0.6) is 0 Å². The number of benzene rings is 1. The Kier molecular flexibility index (Phi) is 3.90. The lowest BCUT2D eigenvalue weighted by atomic mass is 10.1. The van der Waals surface area contributed by atoms with Crippen LogP contribution in [0.4, 0.5) is 11.4 Å². The monoisotopic (exact) mass is 274 g/mol. The summed E-state index contributed by atoms with van der Waals surface area (Å²) in [7, 11) is 0. The second kappa shape index (κ2) is 5.45. The number of hydrogen-bond donors (Lipinski definition) is 2. The zero-order valence-corrected chi connectivity index (χ0v) is 12.2.